The van der Waals surface area contributed by atoms with E-state index in [0.717, 1.165) is 49.5 Å². The first-order valence-electron chi connectivity index (χ1n) is 8.70. The lowest BCUT2D eigenvalue weighted by molar-refractivity contribution is -0.137. The van der Waals surface area contributed by atoms with Gasteiger partial charge in [0.1, 0.15) is 11.8 Å². The van der Waals surface area contributed by atoms with Gasteiger partial charge in [-0.15, -0.1) is 0 Å². The minimum atomic E-state index is -4.35. The summed E-state index contributed by atoms with van der Waals surface area (Å²) >= 11 is 0. The first-order valence-corrected chi connectivity index (χ1v) is 8.70. The number of rotatable bonds is 4. The molecule has 1 fully saturated rings. The maximum Gasteiger partial charge on any atom is 0.416 e. The van der Waals surface area contributed by atoms with Gasteiger partial charge in [-0.1, -0.05) is 12.1 Å². The van der Waals surface area contributed by atoms with E-state index in [1.165, 1.54) is 12.4 Å². The van der Waals surface area contributed by atoms with E-state index < -0.39 is 11.7 Å². The van der Waals surface area contributed by atoms with Crippen molar-refractivity contribution in [3.63, 3.8) is 0 Å². The second-order valence-electron chi connectivity index (χ2n) is 6.43. The highest BCUT2D eigenvalue weighted by Crippen LogP contribution is 2.30. The van der Waals surface area contributed by atoms with Crippen molar-refractivity contribution < 1.29 is 13.2 Å². The SMILES string of the molecule is FC(F)(F)c1cccc(CNc2ncnn3cc(N4CCNCC4)cc23)c1. The number of fused-ring (bicyclic) bond motifs is 1. The Morgan fingerprint density at radius 1 is 1.15 bits per heavy atom. The van der Waals surface area contributed by atoms with Crippen LogP contribution in [-0.2, 0) is 12.7 Å². The van der Waals surface area contributed by atoms with Crippen LogP contribution in [0.5, 0.6) is 0 Å². The fourth-order valence-corrected chi connectivity index (χ4v) is 3.19. The molecule has 4 rings (SSSR count). The quantitative estimate of drug-likeness (QED) is 0.733. The van der Waals surface area contributed by atoms with Crippen LogP contribution in [0.15, 0.2) is 42.9 Å². The standard InChI is InChI=1S/C18H19F3N6/c19-18(20,21)14-3-1-2-13(8-14)10-23-17-16-9-15(11-27(16)25-12-24-17)26-6-4-22-5-7-26/h1-3,8-9,11-12,22H,4-7,10H2,(H,23,24,25). The van der Waals surface area contributed by atoms with E-state index in [-0.39, 0.29) is 6.54 Å². The van der Waals surface area contributed by atoms with Crippen molar-refractivity contribution in [1.29, 1.82) is 0 Å². The highest BCUT2D eigenvalue weighted by Gasteiger charge is 2.30. The van der Waals surface area contributed by atoms with Crippen molar-refractivity contribution in [2.45, 2.75) is 12.7 Å². The molecule has 9 heteroatoms. The number of benzene rings is 1. The van der Waals surface area contributed by atoms with Gasteiger partial charge in [-0.2, -0.15) is 18.3 Å². The lowest BCUT2D eigenvalue weighted by Crippen LogP contribution is -2.43. The summed E-state index contributed by atoms with van der Waals surface area (Å²) in [5, 5.41) is 10.7. The molecule has 6 nitrogen and oxygen atoms in total. The number of nitrogens with zero attached hydrogens (tertiary/aromatic N) is 4. The van der Waals surface area contributed by atoms with Gasteiger partial charge in [0.05, 0.1) is 17.4 Å². The first-order chi connectivity index (χ1) is 13.0. The molecule has 0 aliphatic carbocycles. The molecule has 0 saturated carbocycles. The summed E-state index contributed by atoms with van der Waals surface area (Å²) in [7, 11) is 0. The average molecular weight is 376 g/mol. The third kappa shape index (κ3) is 3.82. The van der Waals surface area contributed by atoms with Gasteiger partial charge in [0, 0.05) is 32.7 Å². The first kappa shape index (κ1) is 17.6. The number of nitrogens with one attached hydrogen (secondary N) is 2. The Bertz CT molecular complexity index is 930. The second-order valence-corrected chi connectivity index (χ2v) is 6.43. The Kier molecular flexibility index (Phi) is 4.61. The molecule has 142 valence electrons. The zero-order chi connectivity index (χ0) is 18.9. The fraction of sp³-hybridized carbons (Fsp3) is 0.333. The lowest BCUT2D eigenvalue weighted by atomic mass is 10.1. The number of anilines is 2. The van der Waals surface area contributed by atoms with Gasteiger partial charge in [0.25, 0.3) is 0 Å². The molecule has 1 saturated heterocycles. The molecule has 1 aliphatic heterocycles. The molecule has 3 heterocycles. The molecule has 2 N–H and O–H groups in total. The molecule has 0 unspecified atom stereocenters. The van der Waals surface area contributed by atoms with Gasteiger partial charge in [0.15, 0.2) is 5.82 Å². The summed E-state index contributed by atoms with van der Waals surface area (Å²) in [4.78, 5) is 6.52. The summed E-state index contributed by atoms with van der Waals surface area (Å²) in [6.45, 7) is 3.93. The number of hydrogen-bond acceptors (Lipinski definition) is 5. The molecule has 3 aromatic rings. The van der Waals surface area contributed by atoms with Gasteiger partial charge < -0.3 is 15.5 Å². The maximum absolute atomic E-state index is 12.9. The Labute approximate surface area is 154 Å². The smallest absolute Gasteiger partial charge is 0.368 e. The Morgan fingerprint density at radius 2 is 1.96 bits per heavy atom. The van der Waals surface area contributed by atoms with E-state index in [1.807, 2.05) is 12.3 Å². The van der Waals surface area contributed by atoms with Crippen molar-refractivity contribution in [1.82, 2.24) is 19.9 Å². The summed E-state index contributed by atoms with van der Waals surface area (Å²) in [6, 6.07) is 7.29. The van der Waals surface area contributed by atoms with Gasteiger partial charge in [-0.05, 0) is 23.8 Å². The van der Waals surface area contributed by atoms with Crippen LogP contribution in [0.4, 0.5) is 24.7 Å². The van der Waals surface area contributed by atoms with E-state index in [4.69, 9.17) is 0 Å². The zero-order valence-electron chi connectivity index (χ0n) is 14.5. The van der Waals surface area contributed by atoms with Crippen LogP contribution in [0, 0.1) is 0 Å². The van der Waals surface area contributed by atoms with Gasteiger partial charge >= 0.3 is 6.18 Å². The summed E-state index contributed by atoms with van der Waals surface area (Å²) < 4.78 is 40.3. The molecule has 0 spiro atoms. The second kappa shape index (κ2) is 7.07. The third-order valence-corrected chi connectivity index (χ3v) is 4.59. The summed E-state index contributed by atoms with van der Waals surface area (Å²) in [5.41, 5.74) is 1.73. The minimum Gasteiger partial charge on any atom is -0.368 e. The molecule has 2 aromatic heterocycles. The van der Waals surface area contributed by atoms with Gasteiger partial charge in [0.2, 0.25) is 0 Å². The molecule has 1 aromatic carbocycles. The molecular weight excluding hydrogens is 357 g/mol. The molecule has 27 heavy (non-hydrogen) atoms. The summed E-state index contributed by atoms with van der Waals surface area (Å²) in [5.74, 6) is 0.587. The topological polar surface area (TPSA) is 57.5 Å². The fourth-order valence-electron chi connectivity index (χ4n) is 3.19. The monoisotopic (exact) mass is 376 g/mol. The Morgan fingerprint density at radius 3 is 2.74 bits per heavy atom. The average Bonchev–Trinajstić information content (AvgIpc) is 3.11. The van der Waals surface area contributed by atoms with Gasteiger partial charge in [-0.25, -0.2) is 9.50 Å². The van der Waals surface area contributed by atoms with E-state index in [0.29, 0.717) is 11.4 Å². The highest BCUT2D eigenvalue weighted by molar-refractivity contribution is 5.73. The van der Waals surface area contributed by atoms with E-state index in [2.05, 4.69) is 25.6 Å². The number of hydrogen-bond donors (Lipinski definition) is 2. The van der Waals surface area contributed by atoms with Gasteiger partial charge in [-0.3, -0.25) is 0 Å². The predicted molar refractivity (Wildman–Crippen MR) is 96.8 cm³/mol. The zero-order valence-corrected chi connectivity index (χ0v) is 14.5. The molecule has 1 aliphatic rings. The molecule has 0 atom stereocenters. The third-order valence-electron chi connectivity index (χ3n) is 4.59. The lowest BCUT2D eigenvalue weighted by Gasteiger charge is -2.28. The predicted octanol–water partition coefficient (Wildman–Crippen LogP) is 2.77. The molecule has 0 bridgehead atoms. The van der Waals surface area contributed by atoms with Crippen LogP contribution in [0.3, 0.4) is 0 Å². The van der Waals surface area contributed by atoms with E-state index in [9.17, 15) is 13.2 Å². The van der Waals surface area contributed by atoms with Crippen LogP contribution in [0.2, 0.25) is 0 Å². The number of piperazine rings is 1. The van der Waals surface area contributed by atoms with E-state index >= 15 is 0 Å². The Hall–Kier alpha value is -2.81. The number of halogens is 3. The van der Waals surface area contributed by atoms with Crippen molar-refractivity contribution >= 4 is 17.0 Å². The van der Waals surface area contributed by atoms with Crippen LogP contribution >= 0.6 is 0 Å². The van der Waals surface area contributed by atoms with Crippen LogP contribution in [-0.4, -0.2) is 40.8 Å². The van der Waals surface area contributed by atoms with E-state index in [1.54, 1.807) is 10.6 Å². The molecular formula is C18H19F3N6. The molecule has 0 radical (unpaired) electrons. The summed E-state index contributed by atoms with van der Waals surface area (Å²) in [6.07, 6.45) is -0.973. The minimum absolute atomic E-state index is 0.241. The van der Waals surface area contributed by atoms with Crippen molar-refractivity contribution in [2.75, 3.05) is 36.4 Å². The normalized spacial score (nSPS) is 15.3. The number of aromatic nitrogens is 3. The van der Waals surface area contributed by atoms with Crippen LogP contribution in [0.1, 0.15) is 11.1 Å². The maximum atomic E-state index is 12.9. The van der Waals surface area contributed by atoms with Crippen molar-refractivity contribution in [2.24, 2.45) is 0 Å². The molecule has 0 amide bonds. The van der Waals surface area contributed by atoms with Crippen molar-refractivity contribution in [3.05, 3.63) is 54.0 Å². The van der Waals surface area contributed by atoms with Crippen LogP contribution in [0.25, 0.3) is 5.52 Å². The highest BCUT2D eigenvalue weighted by atomic mass is 19.4. The van der Waals surface area contributed by atoms with Crippen molar-refractivity contribution in [3.8, 4) is 0 Å². The Balaban J connectivity index is 1.54. The largest absolute Gasteiger partial charge is 0.416 e. The van der Waals surface area contributed by atoms with Crippen LogP contribution < -0.4 is 15.5 Å². The number of alkyl halides is 3.